The molecule has 0 amide bonds. The standard InChI is InChI=1S/C13H20N6/c1-4-8-19-11(6-7-15-19)13-16-9(3)10(5-2)12(17-13)18-14/h6-7H,4-5,8,14H2,1-3H3,(H,16,17,18). The zero-order valence-electron chi connectivity index (χ0n) is 11.6. The van der Waals surface area contributed by atoms with Crippen molar-refractivity contribution in [2.24, 2.45) is 5.84 Å². The van der Waals surface area contributed by atoms with Gasteiger partial charge in [-0.1, -0.05) is 13.8 Å². The summed E-state index contributed by atoms with van der Waals surface area (Å²) >= 11 is 0. The highest BCUT2D eigenvalue weighted by molar-refractivity contribution is 5.56. The van der Waals surface area contributed by atoms with Crippen LogP contribution in [-0.4, -0.2) is 19.7 Å². The number of hydrogen-bond donors (Lipinski definition) is 2. The van der Waals surface area contributed by atoms with Crippen LogP contribution in [0.4, 0.5) is 5.82 Å². The fourth-order valence-corrected chi connectivity index (χ4v) is 2.17. The molecule has 0 bridgehead atoms. The molecular weight excluding hydrogens is 240 g/mol. The molecule has 6 nitrogen and oxygen atoms in total. The molecule has 19 heavy (non-hydrogen) atoms. The fourth-order valence-electron chi connectivity index (χ4n) is 2.17. The van der Waals surface area contributed by atoms with Crippen molar-refractivity contribution in [3.8, 4) is 11.5 Å². The molecule has 0 saturated carbocycles. The molecular formula is C13H20N6. The third-order valence-electron chi connectivity index (χ3n) is 3.09. The van der Waals surface area contributed by atoms with E-state index >= 15 is 0 Å². The van der Waals surface area contributed by atoms with Crippen molar-refractivity contribution in [2.45, 2.75) is 40.2 Å². The second kappa shape index (κ2) is 5.79. The van der Waals surface area contributed by atoms with Crippen LogP contribution in [0.2, 0.25) is 0 Å². The Kier molecular flexibility index (Phi) is 4.11. The van der Waals surface area contributed by atoms with Crippen LogP contribution in [0.3, 0.4) is 0 Å². The molecule has 0 spiro atoms. The van der Waals surface area contributed by atoms with Crippen molar-refractivity contribution in [3.05, 3.63) is 23.5 Å². The summed E-state index contributed by atoms with van der Waals surface area (Å²) in [4.78, 5) is 9.07. The number of anilines is 1. The molecule has 2 rings (SSSR count). The maximum atomic E-state index is 5.55. The highest BCUT2D eigenvalue weighted by atomic mass is 15.3. The lowest BCUT2D eigenvalue weighted by Gasteiger charge is -2.12. The van der Waals surface area contributed by atoms with Crippen LogP contribution in [0.25, 0.3) is 11.5 Å². The van der Waals surface area contributed by atoms with E-state index in [1.165, 1.54) is 0 Å². The summed E-state index contributed by atoms with van der Waals surface area (Å²) in [7, 11) is 0. The molecule has 0 unspecified atom stereocenters. The van der Waals surface area contributed by atoms with Gasteiger partial charge >= 0.3 is 0 Å². The number of nitrogens with one attached hydrogen (secondary N) is 1. The van der Waals surface area contributed by atoms with Crippen LogP contribution in [0.1, 0.15) is 31.5 Å². The second-order valence-electron chi connectivity index (χ2n) is 4.40. The zero-order valence-corrected chi connectivity index (χ0v) is 11.6. The molecule has 0 radical (unpaired) electrons. The molecule has 0 aliphatic carbocycles. The average Bonchev–Trinajstić information content (AvgIpc) is 2.86. The molecule has 2 aromatic rings. The predicted molar refractivity (Wildman–Crippen MR) is 75.5 cm³/mol. The summed E-state index contributed by atoms with van der Waals surface area (Å²) in [5, 5.41) is 4.30. The summed E-state index contributed by atoms with van der Waals surface area (Å²) in [5.41, 5.74) is 5.58. The number of aromatic nitrogens is 4. The molecule has 0 aromatic carbocycles. The largest absolute Gasteiger partial charge is 0.308 e. The van der Waals surface area contributed by atoms with Crippen LogP contribution in [0.5, 0.6) is 0 Å². The van der Waals surface area contributed by atoms with E-state index in [1.807, 2.05) is 17.7 Å². The number of nitrogens with two attached hydrogens (primary N) is 1. The van der Waals surface area contributed by atoms with Crippen LogP contribution in [0.15, 0.2) is 12.3 Å². The Balaban J connectivity index is 2.50. The van der Waals surface area contributed by atoms with Gasteiger partial charge in [-0.25, -0.2) is 15.8 Å². The van der Waals surface area contributed by atoms with E-state index in [2.05, 4.69) is 34.3 Å². The van der Waals surface area contributed by atoms with E-state index in [4.69, 9.17) is 5.84 Å². The first-order chi connectivity index (χ1) is 9.21. The Morgan fingerprint density at radius 2 is 2.11 bits per heavy atom. The molecule has 0 atom stereocenters. The van der Waals surface area contributed by atoms with Gasteiger partial charge in [-0.3, -0.25) is 4.68 Å². The second-order valence-corrected chi connectivity index (χ2v) is 4.40. The highest BCUT2D eigenvalue weighted by Gasteiger charge is 2.13. The predicted octanol–water partition coefficient (Wildman–Crippen LogP) is 1.91. The number of hydrazine groups is 1. The minimum absolute atomic E-state index is 0.661. The zero-order chi connectivity index (χ0) is 13.8. The maximum absolute atomic E-state index is 5.55. The first kappa shape index (κ1) is 13.5. The summed E-state index contributed by atoms with van der Waals surface area (Å²) in [5.74, 6) is 6.90. The third kappa shape index (κ3) is 2.58. The van der Waals surface area contributed by atoms with Gasteiger partial charge in [-0.15, -0.1) is 0 Å². The maximum Gasteiger partial charge on any atom is 0.180 e. The quantitative estimate of drug-likeness (QED) is 0.634. The van der Waals surface area contributed by atoms with Crippen molar-refractivity contribution >= 4 is 5.82 Å². The molecule has 0 saturated heterocycles. The van der Waals surface area contributed by atoms with E-state index in [-0.39, 0.29) is 0 Å². The van der Waals surface area contributed by atoms with E-state index in [0.717, 1.165) is 36.3 Å². The van der Waals surface area contributed by atoms with Crippen LogP contribution in [0, 0.1) is 6.92 Å². The van der Waals surface area contributed by atoms with Gasteiger partial charge in [-0.2, -0.15) is 5.10 Å². The van der Waals surface area contributed by atoms with Gasteiger partial charge < -0.3 is 5.43 Å². The topological polar surface area (TPSA) is 81.7 Å². The van der Waals surface area contributed by atoms with Crippen molar-refractivity contribution < 1.29 is 0 Å². The fraction of sp³-hybridized carbons (Fsp3) is 0.462. The molecule has 0 fully saturated rings. The Bertz CT molecular complexity index is 560. The van der Waals surface area contributed by atoms with E-state index in [0.29, 0.717) is 11.6 Å². The molecule has 3 N–H and O–H groups in total. The summed E-state index contributed by atoms with van der Waals surface area (Å²) in [6.45, 7) is 7.01. The number of nitrogen functional groups attached to an aromatic ring is 1. The smallest absolute Gasteiger partial charge is 0.180 e. The van der Waals surface area contributed by atoms with Gasteiger partial charge in [0.1, 0.15) is 11.5 Å². The Labute approximate surface area is 113 Å². The number of hydrogen-bond acceptors (Lipinski definition) is 5. The Morgan fingerprint density at radius 3 is 2.74 bits per heavy atom. The molecule has 2 heterocycles. The van der Waals surface area contributed by atoms with Crippen LogP contribution < -0.4 is 11.3 Å². The van der Waals surface area contributed by atoms with Crippen LogP contribution >= 0.6 is 0 Å². The molecule has 0 aliphatic rings. The number of nitrogens with zero attached hydrogens (tertiary/aromatic N) is 4. The molecule has 2 aromatic heterocycles. The van der Waals surface area contributed by atoms with Gasteiger partial charge in [0.05, 0.1) is 0 Å². The first-order valence-corrected chi connectivity index (χ1v) is 6.57. The Hall–Kier alpha value is -1.95. The van der Waals surface area contributed by atoms with Crippen molar-refractivity contribution in [1.29, 1.82) is 0 Å². The van der Waals surface area contributed by atoms with E-state index in [1.54, 1.807) is 6.20 Å². The lowest BCUT2D eigenvalue weighted by Crippen LogP contribution is -2.14. The lowest BCUT2D eigenvalue weighted by atomic mass is 10.1. The summed E-state index contributed by atoms with van der Waals surface area (Å²) < 4.78 is 1.92. The highest BCUT2D eigenvalue weighted by Crippen LogP contribution is 2.22. The van der Waals surface area contributed by atoms with E-state index < -0.39 is 0 Å². The van der Waals surface area contributed by atoms with Gasteiger partial charge in [-0.05, 0) is 25.8 Å². The summed E-state index contributed by atoms with van der Waals surface area (Å²) in [6, 6.07) is 1.93. The van der Waals surface area contributed by atoms with Gasteiger partial charge in [0.2, 0.25) is 0 Å². The monoisotopic (exact) mass is 260 g/mol. The third-order valence-corrected chi connectivity index (χ3v) is 3.09. The van der Waals surface area contributed by atoms with Gasteiger partial charge in [0.15, 0.2) is 5.82 Å². The molecule has 102 valence electrons. The minimum atomic E-state index is 0.661. The van der Waals surface area contributed by atoms with Gasteiger partial charge in [0.25, 0.3) is 0 Å². The average molecular weight is 260 g/mol. The SMILES string of the molecule is CCCn1nccc1-c1nc(C)c(CC)c(NN)n1. The van der Waals surface area contributed by atoms with Crippen molar-refractivity contribution in [1.82, 2.24) is 19.7 Å². The van der Waals surface area contributed by atoms with Crippen molar-refractivity contribution in [2.75, 3.05) is 5.43 Å². The first-order valence-electron chi connectivity index (χ1n) is 6.57. The normalized spacial score (nSPS) is 10.7. The minimum Gasteiger partial charge on any atom is -0.308 e. The van der Waals surface area contributed by atoms with Gasteiger partial charge in [0, 0.05) is 24.0 Å². The van der Waals surface area contributed by atoms with Crippen LogP contribution in [-0.2, 0) is 13.0 Å². The molecule has 6 heteroatoms. The number of aryl methyl sites for hydroxylation is 2. The molecule has 0 aliphatic heterocycles. The number of rotatable bonds is 5. The lowest BCUT2D eigenvalue weighted by molar-refractivity contribution is 0.606. The Morgan fingerprint density at radius 1 is 1.32 bits per heavy atom. The van der Waals surface area contributed by atoms with Crippen molar-refractivity contribution in [3.63, 3.8) is 0 Å². The van der Waals surface area contributed by atoms with E-state index in [9.17, 15) is 0 Å². The summed E-state index contributed by atoms with van der Waals surface area (Å²) in [6.07, 6.45) is 3.63.